The highest BCUT2D eigenvalue weighted by atomic mass is 16.3. The van der Waals surface area contributed by atoms with Gasteiger partial charge in [-0.25, -0.2) is 0 Å². The van der Waals surface area contributed by atoms with Gasteiger partial charge in [0, 0.05) is 22.5 Å². The van der Waals surface area contributed by atoms with E-state index in [0.717, 1.165) is 12.8 Å². The molecule has 1 N–H and O–H groups in total. The van der Waals surface area contributed by atoms with Gasteiger partial charge in [-0.3, -0.25) is 0 Å². The first-order valence-electron chi connectivity index (χ1n) is 6.72. The van der Waals surface area contributed by atoms with E-state index in [1.807, 2.05) is 0 Å². The highest BCUT2D eigenvalue weighted by Gasteiger charge is 2.44. The van der Waals surface area contributed by atoms with Gasteiger partial charge in [-0.15, -0.1) is 0 Å². The van der Waals surface area contributed by atoms with E-state index in [1.165, 1.54) is 29.8 Å². The zero-order valence-electron chi connectivity index (χ0n) is 11.4. The third-order valence-corrected chi connectivity index (χ3v) is 4.58. The zero-order chi connectivity index (χ0) is 12.4. The maximum atomic E-state index is 10.3. The fourth-order valence-corrected chi connectivity index (χ4v) is 3.50. The average Bonchev–Trinajstić information content (AvgIpc) is 2.80. The molecule has 2 aliphatic carbocycles. The van der Waals surface area contributed by atoms with E-state index in [2.05, 4.69) is 38.3 Å². The van der Waals surface area contributed by atoms with E-state index in [0.29, 0.717) is 5.54 Å². The minimum absolute atomic E-state index is 0.222. The van der Waals surface area contributed by atoms with Crippen LogP contribution in [-0.2, 0) is 12.0 Å². The summed E-state index contributed by atoms with van der Waals surface area (Å²) in [7, 11) is 0. The molecule has 0 amide bonds. The molecule has 0 radical (unpaired) electrons. The van der Waals surface area contributed by atoms with Gasteiger partial charge < -0.3 is 9.67 Å². The molecule has 0 spiro atoms. The second kappa shape index (κ2) is 3.17. The molecule has 1 fully saturated rings. The lowest BCUT2D eigenvalue weighted by Crippen LogP contribution is -2.29. The van der Waals surface area contributed by atoms with Gasteiger partial charge in [-0.05, 0) is 51.0 Å². The minimum Gasteiger partial charge on any atom is -0.388 e. The van der Waals surface area contributed by atoms with Crippen LogP contribution in [0.25, 0.3) is 0 Å². The van der Waals surface area contributed by atoms with Crippen LogP contribution in [0.5, 0.6) is 0 Å². The molecule has 2 nitrogen and oxygen atoms in total. The number of aromatic nitrogens is 1. The molecule has 0 saturated heterocycles. The summed E-state index contributed by atoms with van der Waals surface area (Å²) in [5.41, 5.74) is 4.47. The quantitative estimate of drug-likeness (QED) is 0.791. The van der Waals surface area contributed by atoms with Crippen LogP contribution in [-0.4, -0.2) is 9.67 Å². The van der Waals surface area contributed by atoms with E-state index in [-0.39, 0.29) is 11.5 Å². The molecule has 1 unspecified atom stereocenters. The van der Waals surface area contributed by atoms with Crippen LogP contribution in [0.4, 0.5) is 0 Å². The summed E-state index contributed by atoms with van der Waals surface area (Å²) in [6, 6.07) is 2.21. The Bertz CT molecular complexity index is 466. The molecule has 1 saturated carbocycles. The number of aliphatic hydroxyl groups is 1. The molecule has 1 aromatic rings. The minimum atomic E-state index is -0.268. The van der Waals surface area contributed by atoms with Gasteiger partial charge in [0.2, 0.25) is 0 Å². The normalized spacial score (nSPS) is 28.9. The van der Waals surface area contributed by atoms with Gasteiger partial charge in [0.1, 0.15) is 0 Å². The van der Waals surface area contributed by atoms with Crippen molar-refractivity contribution in [1.29, 1.82) is 0 Å². The molecule has 1 aromatic heterocycles. The smallest absolute Gasteiger partial charge is 0.0812 e. The molecule has 0 aromatic carbocycles. The van der Waals surface area contributed by atoms with Gasteiger partial charge >= 0.3 is 0 Å². The fraction of sp³-hybridized carbons (Fsp3) is 0.733. The first-order chi connectivity index (χ1) is 7.82. The van der Waals surface area contributed by atoms with Crippen molar-refractivity contribution in [1.82, 2.24) is 4.57 Å². The summed E-state index contributed by atoms with van der Waals surface area (Å²) in [6.45, 7) is 9.05. The molecule has 0 aliphatic heterocycles. The standard InChI is InChI=1S/C15H23NO/c1-10-7-11-12(16(10)15(4)5-6-15)8-14(2,3)9-13(11)17/h7,13,17H,5-6,8-9H2,1-4H3. The third kappa shape index (κ3) is 1.65. The van der Waals surface area contributed by atoms with Crippen molar-refractivity contribution in [3.05, 3.63) is 23.0 Å². The summed E-state index contributed by atoms with van der Waals surface area (Å²) in [5, 5.41) is 10.3. The molecule has 17 heavy (non-hydrogen) atoms. The monoisotopic (exact) mass is 233 g/mol. The molecule has 1 atom stereocenters. The Morgan fingerprint density at radius 3 is 2.53 bits per heavy atom. The maximum absolute atomic E-state index is 10.3. The lowest BCUT2D eigenvalue weighted by molar-refractivity contribution is 0.0973. The Balaban J connectivity index is 2.14. The van der Waals surface area contributed by atoms with Crippen molar-refractivity contribution in [3.8, 4) is 0 Å². The second-order valence-corrected chi connectivity index (χ2v) is 7.08. The van der Waals surface area contributed by atoms with Crippen molar-refractivity contribution < 1.29 is 5.11 Å². The van der Waals surface area contributed by atoms with Crippen molar-refractivity contribution in [3.63, 3.8) is 0 Å². The Labute approximate surface area is 104 Å². The second-order valence-electron chi connectivity index (χ2n) is 7.08. The van der Waals surface area contributed by atoms with Gasteiger partial charge in [-0.2, -0.15) is 0 Å². The van der Waals surface area contributed by atoms with Crippen LogP contribution in [0.3, 0.4) is 0 Å². The predicted molar refractivity (Wildman–Crippen MR) is 69.1 cm³/mol. The Morgan fingerprint density at radius 1 is 1.29 bits per heavy atom. The van der Waals surface area contributed by atoms with Crippen LogP contribution >= 0.6 is 0 Å². The zero-order valence-corrected chi connectivity index (χ0v) is 11.4. The molecule has 3 rings (SSSR count). The van der Waals surface area contributed by atoms with Gasteiger partial charge in [0.05, 0.1) is 6.10 Å². The largest absolute Gasteiger partial charge is 0.388 e. The lowest BCUT2D eigenvalue weighted by atomic mass is 9.75. The van der Waals surface area contributed by atoms with Crippen molar-refractivity contribution in [2.75, 3.05) is 0 Å². The number of nitrogens with zero attached hydrogens (tertiary/aromatic N) is 1. The summed E-state index contributed by atoms with van der Waals surface area (Å²) >= 11 is 0. The number of fused-ring (bicyclic) bond motifs is 1. The molecule has 2 aliphatic rings. The van der Waals surface area contributed by atoms with E-state index in [4.69, 9.17) is 0 Å². The summed E-state index contributed by atoms with van der Waals surface area (Å²) in [5.74, 6) is 0. The molecule has 94 valence electrons. The third-order valence-electron chi connectivity index (χ3n) is 4.58. The van der Waals surface area contributed by atoms with Crippen LogP contribution in [0, 0.1) is 12.3 Å². The number of aryl methyl sites for hydroxylation is 1. The van der Waals surface area contributed by atoms with E-state index in [1.54, 1.807) is 0 Å². The SMILES string of the molecule is Cc1cc2c(n1C1(C)CC1)CC(C)(C)CC2O. The fourth-order valence-electron chi connectivity index (χ4n) is 3.50. The number of aliphatic hydroxyl groups excluding tert-OH is 1. The number of hydrogen-bond acceptors (Lipinski definition) is 1. The first kappa shape index (κ1) is 11.3. The van der Waals surface area contributed by atoms with E-state index < -0.39 is 0 Å². The molecular formula is C15H23NO. The summed E-state index contributed by atoms with van der Waals surface area (Å²) < 4.78 is 2.51. The van der Waals surface area contributed by atoms with Crippen LogP contribution in [0.1, 0.15) is 63.1 Å². The van der Waals surface area contributed by atoms with Gasteiger partial charge in [0.15, 0.2) is 0 Å². The Morgan fingerprint density at radius 2 is 1.94 bits per heavy atom. The molecule has 0 bridgehead atoms. The maximum Gasteiger partial charge on any atom is 0.0812 e. The van der Waals surface area contributed by atoms with E-state index >= 15 is 0 Å². The van der Waals surface area contributed by atoms with Crippen molar-refractivity contribution in [2.24, 2.45) is 5.41 Å². The number of hydrogen-bond donors (Lipinski definition) is 1. The van der Waals surface area contributed by atoms with Gasteiger partial charge in [-0.1, -0.05) is 13.8 Å². The van der Waals surface area contributed by atoms with Crippen molar-refractivity contribution >= 4 is 0 Å². The Kier molecular flexibility index (Phi) is 2.11. The van der Waals surface area contributed by atoms with E-state index in [9.17, 15) is 5.11 Å². The molecular weight excluding hydrogens is 210 g/mol. The van der Waals surface area contributed by atoms with Crippen molar-refractivity contribution in [2.45, 2.75) is 65.0 Å². The van der Waals surface area contributed by atoms with Crippen LogP contribution < -0.4 is 0 Å². The lowest BCUT2D eigenvalue weighted by Gasteiger charge is -2.35. The van der Waals surface area contributed by atoms with Crippen LogP contribution in [0.2, 0.25) is 0 Å². The molecule has 2 heteroatoms. The number of rotatable bonds is 1. The van der Waals surface area contributed by atoms with Crippen LogP contribution in [0.15, 0.2) is 6.07 Å². The molecule has 1 heterocycles. The summed E-state index contributed by atoms with van der Waals surface area (Å²) in [4.78, 5) is 0. The summed E-state index contributed by atoms with van der Waals surface area (Å²) in [6.07, 6.45) is 4.29. The predicted octanol–water partition coefficient (Wildman–Crippen LogP) is 3.31. The highest BCUT2D eigenvalue weighted by molar-refractivity contribution is 5.35. The highest BCUT2D eigenvalue weighted by Crippen LogP contribution is 2.49. The first-order valence-corrected chi connectivity index (χ1v) is 6.72. The average molecular weight is 233 g/mol. The van der Waals surface area contributed by atoms with Gasteiger partial charge in [0.25, 0.3) is 0 Å². The topological polar surface area (TPSA) is 25.2 Å². The Hall–Kier alpha value is -0.760.